The molecular weight excluding hydrogens is 276 g/mol. The van der Waals surface area contributed by atoms with Crippen LogP contribution in [-0.4, -0.2) is 23.2 Å². The van der Waals surface area contributed by atoms with Gasteiger partial charge >= 0.3 is 5.97 Å². The van der Waals surface area contributed by atoms with Crippen molar-refractivity contribution in [3.8, 4) is 0 Å². The zero-order valence-corrected chi connectivity index (χ0v) is 12.1. The molecule has 1 unspecified atom stereocenters. The summed E-state index contributed by atoms with van der Waals surface area (Å²) in [6, 6.07) is 3.16. The molecule has 0 spiro atoms. The molecule has 1 aliphatic carbocycles. The van der Waals surface area contributed by atoms with Gasteiger partial charge in [-0.05, 0) is 42.9 Å². The molecule has 0 heterocycles. The summed E-state index contributed by atoms with van der Waals surface area (Å²) in [5, 5.41) is 12.3. The summed E-state index contributed by atoms with van der Waals surface area (Å²) in [7, 11) is 0. The van der Waals surface area contributed by atoms with Crippen molar-refractivity contribution < 1.29 is 18.7 Å². The Bertz CT molecular complexity index is 481. The number of benzene rings is 1. The van der Waals surface area contributed by atoms with E-state index in [1.165, 1.54) is 12.1 Å². The van der Waals surface area contributed by atoms with Crippen LogP contribution in [0.2, 0.25) is 0 Å². The van der Waals surface area contributed by atoms with Crippen LogP contribution in [-0.2, 0) is 4.79 Å². The van der Waals surface area contributed by atoms with Crippen LogP contribution in [0.5, 0.6) is 0 Å². The molecule has 1 aromatic rings. The Balaban J connectivity index is 1.86. The summed E-state index contributed by atoms with van der Waals surface area (Å²) in [4.78, 5) is 11.2. The third-order valence-electron chi connectivity index (χ3n) is 4.08. The van der Waals surface area contributed by atoms with E-state index in [0.29, 0.717) is 12.0 Å². The highest BCUT2D eigenvalue weighted by atomic mass is 19.1. The summed E-state index contributed by atoms with van der Waals surface area (Å²) in [6.45, 7) is 2.02. The van der Waals surface area contributed by atoms with Crippen LogP contribution >= 0.6 is 0 Å². The van der Waals surface area contributed by atoms with E-state index in [9.17, 15) is 13.6 Å². The van der Waals surface area contributed by atoms with Gasteiger partial charge in [-0.15, -0.1) is 0 Å². The molecule has 1 atom stereocenters. The Morgan fingerprint density at radius 1 is 1.33 bits per heavy atom. The molecule has 1 aliphatic rings. The van der Waals surface area contributed by atoms with E-state index in [1.807, 2.05) is 6.92 Å². The van der Waals surface area contributed by atoms with Crippen molar-refractivity contribution in [1.29, 1.82) is 0 Å². The highest BCUT2D eigenvalue weighted by Crippen LogP contribution is 2.37. The summed E-state index contributed by atoms with van der Waals surface area (Å²) >= 11 is 0. The fraction of sp³-hybridized carbons (Fsp3) is 0.562. The number of aliphatic carboxylic acids is 1. The number of unbranched alkanes of at least 4 members (excludes halogenated alkanes) is 1. The molecular formula is C16H21F2NO2. The quantitative estimate of drug-likeness (QED) is 0.810. The van der Waals surface area contributed by atoms with E-state index < -0.39 is 23.6 Å². The number of halogens is 2. The maximum Gasteiger partial charge on any atom is 0.320 e. The van der Waals surface area contributed by atoms with Crippen LogP contribution < -0.4 is 5.32 Å². The van der Waals surface area contributed by atoms with Crippen molar-refractivity contribution in [3.63, 3.8) is 0 Å². The molecule has 0 saturated heterocycles. The van der Waals surface area contributed by atoms with Gasteiger partial charge in [0.25, 0.3) is 0 Å². The number of carbonyl (C=O) groups is 1. The third kappa shape index (κ3) is 4.24. The first kappa shape index (κ1) is 15.9. The first-order valence-electron chi connectivity index (χ1n) is 7.44. The van der Waals surface area contributed by atoms with Crippen LogP contribution in [0.25, 0.3) is 0 Å². The van der Waals surface area contributed by atoms with Crippen LogP contribution in [0.1, 0.15) is 50.5 Å². The summed E-state index contributed by atoms with van der Waals surface area (Å²) in [6.07, 6.45) is 3.88. The van der Waals surface area contributed by atoms with E-state index in [2.05, 4.69) is 5.32 Å². The number of rotatable bonds is 7. The normalized spacial score (nSPS) is 22.6. The van der Waals surface area contributed by atoms with Crippen molar-refractivity contribution in [2.45, 2.75) is 57.0 Å². The van der Waals surface area contributed by atoms with E-state index in [0.717, 1.165) is 31.7 Å². The number of hydrogen-bond donors (Lipinski definition) is 2. The molecule has 3 nitrogen and oxygen atoms in total. The van der Waals surface area contributed by atoms with Gasteiger partial charge in [0, 0.05) is 12.1 Å². The van der Waals surface area contributed by atoms with Crippen molar-refractivity contribution in [3.05, 3.63) is 35.4 Å². The molecule has 2 N–H and O–H groups in total. The van der Waals surface area contributed by atoms with Gasteiger partial charge in [-0.1, -0.05) is 19.8 Å². The average molecular weight is 297 g/mol. The maximum absolute atomic E-state index is 13.2. The molecule has 116 valence electrons. The van der Waals surface area contributed by atoms with E-state index >= 15 is 0 Å². The largest absolute Gasteiger partial charge is 0.480 e. The van der Waals surface area contributed by atoms with E-state index in [4.69, 9.17) is 5.11 Å². The minimum atomic E-state index is -0.830. The van der Waals surface area contributed by atoms with Crippen LogP contribution in [0.15, 0.2) is 18.2 Å². The lowest BCUT2D eigenvalue weighted by Crippen LogP contribution is -2.48. The Labute approximate surface area is 123 Å². The predicted molar refractivity (Wildman–Crippen MR) is 76.2 cm³/mol. The average Bonchev–Trinajstić information content (AvgIpc) is 2.34. The molecule has 0 bridgehead atoms. The van der Waals surface area contributed by atoms with Gasteiger partial charge in [-0.3, -0.25) is 4.79 Å². The summed E-state index contributed by atoms with van der Waals surface area (Å²) in [5.74, 6) is -1.85. The first-order valence-corrected chi connectivity index (χ1v) is 7.44. The molecule has 0 aliphatic heterocycles. The van der Waals surface area contributed by atoms with Gasteiger partial charge in [0.2, 0.25) is 0 Å². The number of hydrogen-bond acceptors (Lipinski definition) is 2. The second kappa shape index (κ2) is 6.98. The van der Waals surface area contributed by atoms with Crippen molar-refractivity contribution in [2.24, 2.45) is 0 Å². The Morgan fingerprint density at radius 3 is 2.48 bits per heavy atom. The smallest absolute Gasteiger partial charge is 0.320 e. The molecule has 0 radical (unpaired) electrons. The maximum atomic E-state index is 13.2. The standard InChI is InChI=1S/C16H21F2NO2/c1-2-3-4-15(16(20)21)19-14-7-11(8-14)10-5-12(17)9-13(18)6-10/h5-6,9,11,14-15,19H,2-4,7-8H2,1H3,(H,20,21). The lowest BCUT2D eigenvalue weighted by Gasteiger charge is -2.38. The topological polar surface area (TPSA) is 49.3 Å². The van der Waals surface area contributed by atoms with Gasteiger partial charge in [-0.25, -0.2) is 8.78 Å². The van der Waals surface area contributed by atoms with Crippen molar-refractivity contribution >= 4 is 5.97 Å². The van der Waals surface area contributed by atoms with Gasteiger partial charge in [-0.2, -0.15) is 0 Å². The summed E-state index contributed by atoms with van der Waals surface area (Å²) < 4.78 is 26.3. The molecule has 1 aromatic carbocycles. The summed E-state index contributed by atoms with van der Waals surface area (Å²) in [5.41, 5.74) is 0.658. The minimum absolute atomic E-state index is 0.105. The van der Waals surface area contributed by atoms with E-state index in [1.54, 1.807) is 0 Å². The second-order valence-electron chi connectivity index (χ2n) is 5.77. The molecule has 2 rings (SSSR count). The lowest BCUT2D eigenvalue weighted by atomic mass is 9.75. The van der Waals surface area contributed by atoms with Crippen LogP contribution in [0.3, 0.4) is 0 Å². The second-order valence-corrected chi connectivity index (χ2v) is 5.77. The third-order valence-corrected chi connectivity index (χ3v) is 4.08. The molecule has 5 heteroatoms. The monoisotopic (exact) mass is 297 g/mol. The fourth-order valence-electron chi connectivity index (χ4n) is 2.81. The van der Waals surface area contributed by atoms with E-state index in [-0.39, 0.29) is 12.0 Å². The number of carboxylic acid groups (broad SMARTS) is 1. The molecule has 0 aromatic heterocycles. The number of nitrogens with one attached hydrogen (secondary N) is 1. The molecule has 1 saturated carbocycles. The van der Waals surface area contributed by atoms with Gasteiger partial charge in [0.05, 0.1) is 0 Å². The first-order chi connectivity index (χ1) is 9.99. The molecule has 1 fully saturated rings. The zero-order chi connectivity index (χ0) is 15.4. The Kier molecular flexibility index (Phi) is 5.28. The fourth-order valence-corrected chi connectivity index (χ4v) is 2.81. The molecule has 0 amide bonds. The Hall–Kier alpha value is -1.49. The highest BCUT2D eigenvalue weighted by molar-refractivity contribution is 5.73. The van der Waals surface area contributed by atoms with Gasteiger partial charge in [0.1, 0.15) is 17.7 Å². The molecule has 21 heavy (non-hydrogen) atoms. The van der Waals surface area contributed by atoms with Crippen LogP contribution in [0.4, 0.5) is 8.78 Å². The van der Waals surface area contributed by atoms with Crippen LogP contribution in [0, 0.1) is 11.6 Å². The predicted octanol–water partition coefficient (Wildman–Crippen LogP) is 3.44. The number of carboxylic acids is 1. The minimum Gasteiger partial charge on any atom is -0.480 e. The SMILES string of the molecule is CCCCC(NC1CC(c2cc(F)cc(F)c2)C1)C(=O)O. The highest BCUT2D eigenvalue weighted by Gasteiger charge is 2.33. The zero-order valence-electron chi connectivity index (χ0n) is 12.1. The Morgan fingerprint density at radius 2 is 1.95 bits per heavy atom. The van der Waals surface area contributed by atoms with Crippen molar-refractivity contribution in [1.82, 2.24) is 5.32 Å². The van der Waals surface area contributed by atoms with Gasteiger partial charge in [0.15, 0.2) is 0 Å². The van der Waals surface area contributed by atoms with Gasteiger partial charge < -0.3 is 10.4 Å². The lowest BCUT2D eigenvalue weighted by molar-refractivity contribution is -0.140. The van der Waals surface area contributed by atoms with Crippen molar-refractivity contribution in [2.75, 3.05) is 0 Å².